The van der Waals surface area contributed by atoms with Crippen molar-refractivity contribution < 1.29 is 0 Å². The topological polar surface area (TPSA) is 14.8 Å². The van der Waals surface area contributed by atoms with Crippen LogP contribution >= 0.6 is 34.0 Å². The van der Waals surface area contributed by atoms with Gasteiger partial charge in [0.05, 0.1) is 33.1 Å². The molecule has 0 spiro atoms. The summed E-state index contributed by atoms with van der Waals surface area (Å²) in [5.74, 6) is 0. The number of hydrogen-bond donors (Lipinski definition) is 0. The van der Waals surface area contributed by atoms with Crippen LogP contribution in [0.4, 0.5) is 0 Å². The Bertz CT molecular complexity index is 6270. The molecule has 20 rings (SSSR count). The Morgan fingerprint density at radius 1 is 0.156 bits per heavy atom. The van der Waals surface area contributed by atoms with E-state index in [1.54, 1.807) is 0 Å². The first-order valence-corrected chi connectivity index (χ1v) is 33.1. The van der Waals surface area contributed by atoms with E-state index >= 15 is 0 Å². The summed E-state index contributed by atoms with van der Waals surface area (Å²) in [4.78, 5) is 0. The van der Waals surface area contributed by atoms with Gasteiger partial charge in [-0.25, -0.2) is 0 Å². The molecule has 420 valence electrons. The molecule has 0 bridgehead atoms. The van der Waals surface area contributed by atoms with Crippen molar-refractivity contribution in [3.05, 3.63) is 309 Å². The Kier molecular flexibility index (Phi) is 11.6. The molecule has 6 heteroatoms. The molecule has 0 aliphatic carbocycles. The molecular weight excluding hydrogens is 1150 g/mol. The van der Waals surface area contributed by atoms with Gasteiger partial charge in [-0.15, -0.1) is 34.0 Å². The van der Waals surface area contributed by atoms with Crippen LogP contribution in [0.25, 0.3) is 176 Å². The third kappa shape index (κ3) is 8.09. The summed E-state index contributed by atoms with van der Waals surface area (Å²) in [7, 11) is 0. The Morgan fingerprint density at radius 3 is 0.989 bits per heavy atom. The molecule has 0 amide bonds. The maximum atomic E-state index is 2.43. The molecule has 0 saturated heterocycles. The normalized spacial score (nSPS) is 12.0. The molecule has 20 aromatic rings. The van der Waals surface area contributed by atoms with Crippen molar-refractivity contribution in [1.29, 1.82) is 0 Å². The predicted molar refractivity (Wildman–Crippen MR) is 391 cm³/mol. The standard InChI is InChI=1S/C48H30N2S.C36H21NS2/c1-3-12-31(13-4-1)32-14-11-17-36(26-32)50-43-20-9-7-18-37(43)39-27-33(22-24-44(39)50)34-23-25-45-40(28-34)41-29-42-38-19-8-10-21-47(38)51-48(42)30-46(41)49(45)35-15-5-2-6-16-35;1-2-8-24(9-3-1)37-31-16-14-22(23-15-17-35-29(19-23)25-10-4-6-12-33(25)38-35)18-27(31)28-20-30-26-11-5-7-13-34(26)39-36(30)21-32(28)37/h1-30H;1-21H. The van der Waals surface area contributed by atoms with Gasteiger partial charge >= 0.3 is 0 Å². The van der Waals surface area contributed by atoms with Gasteiger partial charge in [-0.05, 0) is 167 Å². The molecule has 14 aromatic carbocycles. The second-order valence-electron chi connectivity index (χ2n) is 23.5. The second-order valence-corrected chi connectivity index (χ2v) is 26.8. The lowest BCUT2D eigenvalue weighted by molar-refractivity contribution is 1.18. The van der Waals surface area contributed by atoms with Crippen LogP contribution in [0.3, 0.4) is 0 Å². The molecule has 0 radical (unpaired) electrons. The number of para-hydroxylation sites is 3. The molecular formula is C84H51N3S3. The van der Waals surface area contributed by atoms with Gasteiger partial charge in [-0.1, -0.05) is 176 Å². The van der Waals surface area contributed by atoms with Crippen LogP contribution in [-0.2, 0) is 0 Å². The third-order valence-electron chi connectivity index (χ3n) is 18.5. The van der Waals surface area contributed by atoms with Crippen molar-refractivity contribution in [1.82, 2.24) is 13.7 Å². The third-order valence-corrected chi connectivity index (χ3v) is 21.9. The van der Waals surface area contributed by atoms with Gasteiger partial charge in [0.15, 0.2) is 0 Å². The monoisotopic (exact) mass is 1200 g/mol. The minimum Gasteiger partial charge on any atom is -0.309 e. The van der Waals surface area contributed by atoms with Crippen LogP contribution in [0.2, 0.25) is 0 Å². The maximum absolute atomic E-state index is 2.43. The highest BCUT2D eigenvalue weighted by Crippen LogP contribution is 2.46. The quantitative estimate of drug-likeness (QED) is 0.158. The number of thiophene rings is 3. The number of fused-ring (bicyclic) bond motifs is 18. The fraction of sp³-hybridized carbons (Fsp3) is 0. The molecule has 6 aromatic heterocycles. The smallest absolute Gasteiger partial charge is 0.0555 e. The summed E-state index contributed by atoms with van der Waals surface area (Å²) in [6, 6.07) is 114. The Labute approximate surface area is 529 Å². The van der Waals surface area contributed by atoms with E-state index in [-0.39, 0.29) is 0 Å². The fourth-order valence-electron chi connectivity index (χ4n) is 14.3. The van der Waals surface area contributed by atoms with Crippen LogP contribution in [0.5, 0.6) is 0 Å². The average Bonchev–Trinajstić information content (AvgIpc) is 1.66. The van der Waals surface area contributed by atoms with Crippen LogP contribution in [-0.4, -0.2) is 13.7 Å². The summed E-state index contributed by atoms with van der Waals surface area (Å²) in [6.07, 6.45) is 0. The molecule has 0 fully saturated rings. The molecule has 0 N–H and O–H groups in total. The largest absolute Gasteiger partial charge is 0.309 e. The SMILES string of the molecule is c1ccc(-c2cccc(-n3c4ccccc4c4cc(-c5ccc6c(c5)c5cc7c(cc5n6-c5ccccc5)sc5ccccc57)ccc43)c2)cc1.c1ccc(-n2c3ccc(-c4ccc5sc6ccccc6c5c4)cc3c3cc4c(cc32)sc2ccccc24)cc1. The first kappa shape index (κ1) is 51.2. The number of benzene rings is 14. The van der Waals surface area contributed by atoms with Gasteiger partial charge in [0.25, 0.3) is 0 Å². The lowest BCUT2D eigenvalue weighted by Gasteiger charge is -2.11. The zero-order valence-corrected chi connectivity index (χ0v) is 51.0. The lowest BCUT2D eigenvalue weighted by atomic mass is 10.00. The first-order valence-electron chi connectivity index (χ1n) is 30.6. The molecule has 6 heterocycles. The minimum atomic E-state index is 1.16. The van der Waals surface area contributed by atoms with Crippen molar-refractivity contribution in [3.63, 3.8) is 0 Å². The molecule has 90 heavy (non-hydrogen) atoms. The van der Waals surface area contributed by atoms with Crippen molar-refractivity contribution >= 4 is 160 Å². The van der Waals surface area contributed by atoms with Crippen molar-refractivity contribution in [2.45, 2.75) is 0 Å². The molecule has 3 nitrogen and oxygen atoms in total. The molecule has 0 unspecified atom stereocenters. The van der Waals surface area contributed by atoms with E-state index in [0.717, 1.165) is 5.69 Å². The summed E-state index contributed by atoms with van der Waals surface area (Å²) in [5, 5.41) is 15.7. The second kappa shape index (κ2) is 20.4. The highest BCUT2D eigenvalue weighted by atomic mass is 32.1. The zero-order chi connectivity index (χ0) is 59.0. The van der Waals surface area contributed by atoms with Gasteiger partial charge in [-0.3, -0.25) is 0 Å². The van der Waals surface area contributed by atoms with E-state index < -0.39 is 0 Å². The van der Waals surface area contributed by atoms with E-state index in [0.29, 0.717) is 0 Å². The highest BCUT2D eigenvalue weighted by molar-refractivity contribution is 7.26. The van der Waals surface area contributed by atoms with E-state index in [9.17, 15) is 0 Å². The van der Waals surface area contributed by atoms with Crippen LogP contribution in [0.15, 0.2) is 309 Å². The van der Waals surface area contributed by atoms with Crippen molar-refractivity contribution in [2.24, 2.45) is 0 Å². The Morgan fingerprint density at radius 2 is 0.478 bits per heavy atom. The maximum Gasteiger partial charge on any atom is 0.0555 e. The van der Waals surface area contributed by atoms with Gasteiger partial charge in [-0.2, -0.15) is 0 Å². The number of aromatic nitrogens is 3. The fourth-order valence-corrected chi connectivity index (χ4v) is 17.7. The van der Waals surface area contributed by atoms with Crippen molar-refractivity contribution in [3.8, 4) is 50.4 Å². The van der Waals surface area contributed by atoms with Crippen LogP contribution < -0.4 is 0 Å². The molecule has 0 aliphatic rings. The minimum absolute atomic E-state index is 1.16. The molecule has 0 aliphatic heterocycles. The molecule has 0 saturated carbocycles. The number of rotatable bonds is 6. The van der Waals surface area contributed by atoms with Crippen LogP contribution in [0.1, 0.15) is 0 Å². The van der Waals surface area contributed by atoms with E-state index in [2.05, 4.69) is 323 Å². The summed E-state index contributed by atoms with van der Waals surface area (Å²) < 4.78 is 15.3. The Hall–Kier alpha value is -10.9. The highest BCUT2D eigenvalue weighted by Gasteiger charge is 2.21. The Balaban J connectivity index is 0.000000134. The summed E-state index contributed by atoms with van der Waals surface area (Å²) >= 11 is 5.63. The van der Waals surface area contributed by atoms with Crippen LogP contribution in [0, 0.1) is 0 Å². The van der Waals surface area contributed by atoms with E-state index in [4.69, 9.17) is 0 Å². The zero-order valence-electron chi connectivity index (χ0n) is 48.5. The molecule has 0 atom stereocenters. The first-order chi connectivity index (χ1) is 44.6. The van der Waals surface area contributed by atoms with Gasteiger partial charge in [0.2, 0.25) is 0 Å². The lowest BCUT2D eigenvalue weighted by Crippen LogP contribution is -1.94. The number of hydrogen-bond acceptors (Lipinski definition) is 3. The summed E-state index contributed by atoms with van der Waals surface area (Å²) in [6.45, 7) is 0. The predicted octanol–water partition coefficient (Wildman–Crippen LogP) is 24.8. The van der Waals surface area contributed by atoms with Gasteiger partial charge < -0.3 is 13.7 Å². The summed E-state index contributed by atoms with van der Waals surface area (Å²) in [5.41, 5.74) is 18.3. The average molecular weight is 1200 g/mol. The van der Waals surface area contributed by atoms with Gasteiger partial charge in [0, 0.05) is 110 Å². The van der Waals surface area contributed by atoms with E-state index in [1.165, 1.54) is 171 Å². The van der Waals surface area contributed by atoms with Gasteiger partial charge in [0.1, 0.15) is 0 Å². The van der Waals surface area contributed by atoms with Crippen molar-refractivity contribution in [2.75, 3.05) is 0 Å². The number of nitrogens with zero attached hydrogens (tertiary/aromatic N) is 3. The van der Waals surface area contributed by atoms with E-state index in [1.807, 2.05) is 34.0 Å².